The van der Waals surface area contributed by atoms with Crippen LogP contribution in [0.25, 0.3) is 27.6 Å². The molecule has 1 aliphatic carbocycles. The van der Waals surface area contributed by atoms with Crippen LogP contribution in [0.4, 0.5) is 4.39 Å². The van der Waals surface area contributed by atoms with Gasteiger partial charge in [-0.3, -0.25) is 4.98 Å². The van der Waals surface area contributed by atoms with Crippen molar-refractivity contribution in [1.82, 2.24) is 14.6 Å². The Hall–Kier alpha value is -3.46. The summed E-state index contributed by atoms with van der Waals surface area (Å²) in [5, 5.41) is 13.2. The van der Waals surface area contributed by atoms with Crippen LogP contribution in [0.15, 0.2) is 60.4 Å². The van der Waals surface area contributed by atoms with E-state index < -0.39 is 6.10 Å². The van der Waals surface area contributed by atoms with Crippen LogP contribution in [0.3, 0.4) is 0 Å². The maximum Gasteiger partial charge on any atom is 0.153 e. The number of halogens is 1. The number of allylic oxidation sites excluding steroid dienone is 1. The number of nitrogens with two attached hydrogens (primary N) is 2. The molecule has 1 saturated heterocycles. The van der Waals surface area contributed by atoms with Crippen molar-refractivity contribution >= 4 is 27.6 Å². The van der Waals surface area contributed by atoms with E-state index in [9.17, 15) is 5.11 Å². The van der Waals surface area contributed by atoms with Crippen molar-refractivity contribution in [1.29, 1.82) is 0 Å². The number of aliphatic hydroxyl groups excluding tert-OH is 1. The van der Waals surface area contributed by atoms with Crippen molar-refractivity contribution < 1.29 is 14.2 Å². The van der Waals surface area contributed by atoms with Crippen LogP contribution in [-0.4, -0.2) is 39.9 Å². The van der Waals surface area contributed by atoms with Crippen molar-refractivity contribution in [3.8, 4) is 0 Å². The molecule has 2 aliphatic rings. The summed E-state index contributed by atoms with van der Waals surface area (Å²) < 4.78 is 24.5. The van der Waals surface area contributed by atoms with Gasteiger partial charge in [-0.25, -0.2) is 10.2 Å². The third-order valence-electron chi connectivity index (χ3n) is 8.29. The Morgan fingerprint density at radius 1 is 1.10 bits per heavy atom. The lowest BCUT2D eigenvalue weighted by molar-refractivity contribution is 0.0552. The van der Waals surface area contributed by atoms with Gasteiger partial charge in [0.1, 0.15) is 0 Å². The number of nitrogens with zero attached hydrogens (tertiary/aromatic N) is 3. The summed E-state index contributed by atoms with van der Waals surface area (Å²) in [5.74, 6) is 6.13. The highest BCUT2D eigenvalue weighted by Gasteiger charge is 2.35. The first-order valence-corrected chi connectivity index (χ1v) is 13.7. The maximum absolute atomic E-state index is 16.7. The fraction of sp³-hybridized carbons (Fsp3) is 0.387. The average Bonchev–Trinajstić information content (AvgIpc) is 3.73. The molecule has 0 amide bonds. The van der Waals surface area contributed by atoms with Gasteiger partial charge in [0.05, 0.1) is 34.4 Å². The number of rotatable bonds is 7. The zero-order valence-electron chi connectivity index (χ0n) is 22.5. The lowest BCUT2D eigenvalue weighted by Gasteiger charge is -2.33. The Kier molecular flexibility index (Phi) is 6.79. The van der Waals surface area contributed by atoms with Crippen molar-refractivity contribution in [2.75, 3.05) is 20.3 Å². The number of hydrogen-bond acceptors (Lipinski definition) is 6. The van der Waals surface area contributed by atoms with Crippen LogP contribution < -0.4 is 11.6 Å². The minimum Gasteiger partial charge on any atom is -0.401 e. The lowest BCUT2D eigenvalue weighted by Crippen LogP contribution is -2.27. The number of hydrazine groups is 1. The van der Waals surface area contributed by atoms with Gasteiger partial charge >= 0.3 is 0 Å². The van der Waals surface area contributed by atoms with Gasteiger partial charge in [0, 0.05) is 48.7 Å². The lowest BCUT2D eigenvalue weighted by atomic mass is 9.86. The van der Waals surface area contributed by atoms with E-state index in [4.69, 9.17) is 21.3 Å². The molecule has 0 radical (unpaired) electrons. The topological polar surface area (TPSA) is 103 Å². The highest BCUT2D eigenvalue weighted by molar-refractivity contribution is 6.07. The van der Waals surface area contributed by atoms with Crippen molar-refractivity contribution in [3.63, 3.8) is 0 Å². The maximum atomic E-state index is 16.7. The second kappa shape index (κ2) is 10.3. The van der Waals surface area contributed by atoms with Gasteiger partial charge in [-0.05, 0) is 56.1 Å². The molecule has 4 aromatic rings. The Balaban J connectivity index is 1.69. The minimum atomic E-state index is -0.817. The third kappa shape index (κ3) is 4.56. The second-order valence-electron chi connectivity index (χ2n) is 11.1. The number of benzene rings is 2. The summed E-state index contributed by atoms with van der Waals surface area (Å²) in [4.78, 5) is 4.85. The van der Waals surface area contributed by atoms with Crippen molar-refractivity contribution in [2.24, 2.45) is 23.4 Å². The zero-order chi connectivity index (χ0) is 27.3. The second-order valence-corrected chi connectivity index (χ2v) is 11.1. The fourth-order valence-corrected chi connectivity index (χ4v) is 6.31. The molecule has 0 bridgehead atoms. The largest absolute Gasteiger partial charge is 0.401 e. The molecule has 2 aromatic heterocycles. The molecule has 7 nitrogen and oxygen atoms in total. The van der Waals surface area contributed by atoms with Crippen LogP contribution >= 0.6 is 0 Å². The Morgan fingerprint density at radius 3 is 2.46 bits per heavy atom. The van der Waals surface area contributed by atoms with Gasteiger partial charge in [-0.15, -0.1) is 0 Å². The monoisotopic (exact) mass is 529 g/mol. The summed E-state index contributed by atoms with van der Waals surface area (Å²) in [7, 11) is 1.74. The molecule has 0 spiro atoms. The molecule has 1 unspecified atom stereocenters. The van der Waals surface area contributed by atoms with Crippen LogP contribution in [0.1, 0.15) is 61.4 Å². The molecule has 1 aliphatic heterocycles. The van der Waals surface area contributed by atoms with E-state index >= 15 is 4.39 Å². The van der Waals surface area contributed by atoms with E-state index in [1.165, 1.54) is 5.01 Å². The summed E-state index contributed by atoms with van der Waals surface area (Å²) in [6, 6.07) is 15.8. The molecular formula is C31H36FN5O2. The Labute approximate surface area is 227 Å². The average molecular weight is 530 g/mol. The number of hydrogen-bond donors (Lipinski definition) is 3. The summed E-state index contributed by atoms with van der Waals surface area (Å²) in [5.41, 5.74) is 11.7. The zero-order valence-corrected chi connectivity index (χ0v) is 22.5. The van der Waals surface area contributed by atoms with Gasteiger partial charge in [0.15, 0.2) is 5.82 Å². The van der Waals surface area contributed by atoms with Crippen LogP contribution in [0.5, 0.6) is 0 Å². The van der Waals surface area contributed by atoms with Gasteiger partial charge in [0.25, 0.3) is 0 Å². The van der Waals surface area contributed by atoms with Gasteiger partial charge < -0.3 is 25.2 Å². The van der Waals surface area contributed by atoms with Gasteiger partial charge in [0.2, 0.25) is 0 Å². The van der Waals surface area contributed by atoms with Gasteiger partial charge in [-0.1, -0.05) is 42.5 Å². The normalized spacial score (nSPS) is 18.8. The van der Waals surface area contributed by atoms with E-state index in [2.05, 4.69) is 16.7 Å². The molecular weight excluding hydrogens is 493 g/mol. The molecule has 5 N–H and O–H groups in total. The number of aliphatic hydroxyl groups is 1. The highest BCUT2D eigenvalue weighted by atomic mass is 19.1. The molecule has 6 rings (SSSR count). The molecule has 1 saturated carbocycles. The third-order valence-corrected chi connectivity index (χ3v) is 8.29. The van der Waals surface area contributed by atoms with Crippen LogP contribution in [-0.2, 0) is 4.74 Å². The van der Waals surface area contributed by atoms with Crippen molar-refractivity contribution in [2.45, 2.75) is 44.8 Å². The molecule has 3 heterocycles. The fourth-order valence-electron chi connectivity index (χ4n) is 6.31. The number of ether oxygens (including phenoxy) is 1. The quantitative estimate of drug-likeness (QED) is 0.224. The Morgan fingerprint density at radius 2 is 1.82 bits per heavy atom. The summed E-state index contributed by atoms with van der Waals surface area (Å²) >= 11 is 0. The molecule has 2 atom stereocenters. The standard InChI is InChI=1S/C31H36FN5O2/c1-18(33)28(36(2)34)22-16-25-27(35-17-22)24-11-10-23(31(38)21-8-9-21)26(32)30(24)37(25)29(19-6-4-3-5-7-19)20-12-14-39-15-13-20/h3-7,10-11,16-17,20-21,29,31,38H,8-9,12-15,33-34H2,1-2H3/b28-18-/t29-,31?/m1/s1. The van der Waals surface area contributed by atoms with Crippen LogP contribution in [0, 0.1) is 17.7 Å². The number of fused-ring (bicyclic) bond motifs is 3. The molecule has 8 heteroatoms. The molecule has 204 valence electrons. The summed E-state index contributed by atoms with van der Waals surface area (Å²) in [6.07, 6.45) is 4.49. The predicted octanol–water partition coefficient (Wildman–Crippen LogP) is 5.24. The summed E-state index contributed by atoms with van der Waals surface area (Å²) in [6.45, 7) is 3.14. The number of pyridine rings is 1. The first kappa shape index (κ1) is 25.8. The first-order valence-electron chi connectivity index (χ1n) is 13.7. The van der Waals surface area contributed by atoms with E-state index in [-0.39, 0.29) is 23.7 Å². The van der Waals surface area contributed by atoms with E-state index in [1.54, 1.807) is 26.2 Å². The van der Waals surface area contributed by atoms with E-state index in [0.29, 0.717) is 41.2 Å². The van der Waals surface area contributed by atoms with E-state index in [0.717, 1.165) is 47.7 Å². The first-order chi connectivity index (χ1) is 18.9. The SMILES string of the molecule is C/C(N)=C(\c1cnc2c3ccc(C(O)C4CC4)c(F)c3n([C@H](c3ccccc3)C3CCOCC3)c2c1)N(C)N. The smallest absolute Gasteiger partial charge is 0.153 e. The molecule has 39 heavy (non-hydrogen) atoms. The number of aromatic nitrogens is 2. The minimum absolute atomic E-state index is 0.111. The van der Waals surface area contributed by atoms with E-state index in [1.807, 2.05) is 30.3 Å². The van der Waals surface area contributed by atoms with Crippen molar-refractivity contribution in [3.05, 3.63) is 82.9 Å². The van der Waals surface area contributed by atoms with Gasteiger partial charge in [-0.2, -0.15) is 0 Å². The Bertz CT molecular complexity index is 1530. The predicted molar refractivity (Wildman–Crippen MR) is 152 cm³/mol. The van der Waals surface area contributed by atoms with Crippen LogP contribution in [0.2, 0.25) is 0 Å². The highest BCUT2D eigenvalue weighted by Crippen LogP contribution is 2.46. The molecule has 2 aromatic carbocycles. The molecule has 2 fully saturated rings.